The van der Waals surface area contributed by atoms with Gasteiger partial charge < -0.3 is 24.1 Å². The Hall–Kier alpha value is -0.200. The van der Waals surface area contributed by atoms with Crippen molar-refractivity contribution < 1.29 is 24.1 Å². The van der Waals surface area contributed by atoms with Gasteiger partial charge in [-0.25, -0.2) is 0 Å². The number of aliphatic hydroxyl groups excluding tert-OH is 1. The van der Waals surface area contributed by atoms with Crippen LogP contribution in [0.4, 0.5) is 0 Å². The van der Waals surface area contributed by atoms with Crippen molar-refractivity contribution in [1.82, 2.24) is 0 Å². The van der Waals surface area contributed by atoms with Gasteiger partial charge in [-0.3, -0.25) is 0 Å². The zero-order valence-electron chi connectivity index (χ0n) is 8.60. The van der Waals surface area contributed by atoms with Crippen molar-refractivity contribution >= 4 is 0 Å². The highest BCUT2D eigenvalue weighted by Crippen LogP contribution is 2.38. The average molecular weight is 204 g/mol. The van der Waals surface area contributed by atoms with E-state index in [1.54, 1.807) is 7.11 Å². The lowest BCUT2D eigenvalue weighted by Crippen LogP contribution is -2.31. The molecule has 2 saturated heterocycles. The van der Waals surface area contributed by atoms with Gasteiger partial charge in [0.25, 0.3) is 0 Å². The first-order valence-corrected chi connectivity index (χ1v) is 4.72. The lowest BCUT2D eigenvalue weighted by atomic mass is 10.1. The van der Waals surface area contributed by atoms with Crippen LogP contribution in [0.5, 0.6) is 0 Å². The molecular weight excluding hydrogens is 188 g/mol. The van der Waals surface area contributed by atoms with Crippen LogP contribution >= 0.6 is 0 Å². The Morgan fingerprint density at radius 2 is 1.93 bits per heavy atom. The molecule has 2 fully saturated rings. The first-order valence-electron chi connectivity index (χ1n) is 4.72. The molecule has 0 aromatic carbocycles. The molecule has 5 heteroatoms. The van der Waals surface area contributed by atoms with Crippen molar-refractivity contribution in [2.75, 3.05) is 13.7 Å². The molecule has 5 nitrogen and oxygen atoms in total. The number of aliphatic hydroxyl groups is 1. The normalized spacial score (nSPS) is 45.4. The molecule has 82 valence electrons. The van der Waals surface area contributed by atoms with Gasteiger partial charge in [0.2, 0.25) is 0 Å². The van der Waals surface area contributed by atoms with Crippen LogP contribution in [-0.2, 0) is 18.9 Å². The standard InChI is InChI=1S/C9H16O5/c1-9(2)13-6-5(4-10)12-8(11-3)7(6)14-9/h5-8,10H,4H2,1-3H3/t5?,6-,7-,8-/m1/s1. The SMILES string of the molecule is CO[C@@H]1OC(CO)[C@H]2OC(C)(C)O[C@@H]12. The molecule has 4 atom stereocenters. The molecule has 0 bridgehead atoms. The Morgan fingerprint density at radius 3 is 2.50 bits per heavy atom. The van der Waals surface area contributed by atoms with Gasteiger partial charge in [-0.1, -0.05) is 0 Å². The summed E-state index contributed by atoms with van der Waals surface area (Å²) in [5.74, 6) is -0.622. The number of hydrogen-bond acceptors (Lipinski definition) is 5. The highest BCUT2D eigenvalue weighted by Gasteiger charge is 2.55. The maximum atomic E-state index is 9.08. The molecule has 0 aliphatic carbocycles. The zero-order chi connectivity index (χ0) is 10.3. The van der Waals surface area contributed by atoms with Gasteiger partial charge in [0.15, 0.2) is 12.1 Å². The molecule has 0 amide bonds. The van der Waals surface area contributed by atoms with Crippen LogP contribution in [0.15, 0.2) is 0 Å². The summed E-state index contributed by atoms with van der Waals surface area (Å²) < 4.78 is 21.8. The minimum Gasteiger partial charge on any atom is -0.394 e. The van der Waals surface area contributed by atoms with Crippen molar-refractivity contribution in [3.05, 3.63) is 0 Å². The van der Waals surface area contributed by atoms with Gasteiger partial charge in [-0.15, -0.1) is 0 Å². The van der Waals surface area contributed by atoms with Crippen molar-refractivity contribution in [3.63, 3.8) is 0 Å². The Balaban J connectivity index is 2.12. The summed E-state index contributed by atoms with van der Waals surface area (Å²) in [4.78, 5) is 0. The maximum Gasteiger partial charge on any atom is 0.186 e. The summed E-state index contributed by atoms with van der Waals surface area (Å²) in [6, 6.07) is 0. The van der Waals surface area contributed by atoms with E-state index in [1.807, 2.05) is 13.8 Å². The second-order valence-electron chi connectivity index (χ2n) is 4.03. The summed E-state index contributed by atoms with van der Waals surface area (Å²) in [6.07, 6.45) is -1.28. The summed E-state index contributed by atoms with van der Waals surface area (Å²) in [6.45, 7) is 3.60. The van der Waals surface area contributed by atoms with Crippen molar-refractivity contribution in [1.29, 1.82) is 0 Å². The van der Waals surface area contributed by atoms with E-state index in [0.717, 1.165) is 0 Å². The molecule has 2 heterocycles. The van der Waals surface area contributed by atoms with Gasteiger partial charge in [0.05, 0.1) is 6.61 Å². The van der Waals surface area contributed by atoms with E-state index in [0.29, 0.717) is 0 Å². The monoisotopic (exact) mass is 204 g/mol. The third-order valence-corrected chi connectivity index (χ3v) is 2.52. The van der Waals surface area contributed by atoms with E-state index < -0.39 is 12.1 Å². The number of hydrogen-bond donors (Lipinski definition) is 1. The van der Waals surface area contributed by atoms with E-state index in [-0.39, 0.29) is 24.9 Å². The highest BCUT2D eigenvalue weighted by molar-refractivity contribution is 4.94. The van der Waals surface area contributed by atoms with E-state index in [9.17, 15) is 0 Å². The third kappa shape index (κ3) is 1.55. The van der Waals surface area contributed by atoms with Crippen LogP contribution in [0.3, 0.4) is 0 Å². The number of fused-ring (bicyclic) bond motifs is 1. The molecular formula is C9H16O5. The summed E-state index contributed by atoms with van der Waals surface area (Å²) >= 11 is 0. The van der Waals surface area contributed by atoms with Crippen LogP contribution in [0.1, 0.15) is 13.8 Å². The molecule has 1 N–H and O–H groups in total. The summed E-state index contributed by atoms with van der Waals surface area (Å²) in [5, 5.41) is 9.08. The number of methoxy groups -OCH3 is 1. The second-order valence-corrected chi connectivity index (χ2v) is 4.03. The molecule has 2 aliphatic heterocycles. The van der Waals surface area contributed by atoms with Gasteiger partial charge in [-0.2, -0.15) is 0 Å². The molecule has 14 heavy (non-hydrogen) atoms. The fourth-order valence-electron chi connectivity index (χ4n) is 1.98. The van der Waals surface area contributed by atoms with Crippen LogP contribution in [0, 0.1) is 0 Å². The fourth-order valence-corrected chi connectivity index (χ4v) is 1.98. The number of ether oxygens (including phenoxy) is 4. The van der Waals surface area contributed by atoms with E-state index in [2.05, 4.69) is 0 Å². The molecule has 1 unspecified atom stereocenters. The Bertz CT molecular complexity index is 197. The van der Waals surface area contributed by atoms with Crippen LogP contribution in [0.25, 0.3) is 0 Å². The van der Waals surface area contributed by atoms with E-state index in [1.165, 1.54) is 0 Å². The molecule has 0 saturated carbocycles. The number of rotatable bonds is 2. The average Bonchev–Trinajstić information content (AvgIpc) is 2.57. The smallest absolute Gasteiger partial charge is 0.186 e. The van der Waals surface area contributed by atoms with E-state index in [4.69, 9.17) is 24.1 Å². The topological polar surface area (TPSA) is 57.2 Å². The van der Waals surface area contributed by atoms with Gasteiger partial charge in [0, 0.05) is 7.11 Å². The quantitative estimate of drug-likeness (QED) is 0.679. The Labute approximate surface area is 82.9 Å². The van der Waals surface area contributed by atoms with Gasteiger partial charge in [0.1, 0.15) is 18.3 Å². The van der Waals surface area contributed by atoms with Crippen LogP contribution in [0.2, 0.25) is 0 Å². The van der Waals surface area contributed by atoms with Crippen molar-refractivity contribution in [3.8, 4) is 0 Å². The largest absolute Gasteiger partial charge is 0.394 e. The predicted molar refractivity (Wildman–Crippen MR) is 46.6 cm³/mol. The second kappa shape index (κ2) is 3.43. The lowest BCUT2D eigenvalue weighted by molar-refractivity contribution is -0.230. The minimum absolute atomic E-state index is 0.0829. The molecule has 0 aromatic heterocycles. The summed E-state index contributed by atoms with van der Waals surface area (Å²) in [7, 11) is 1.55. The third-order valence-electron chi connectivity index (χ3n) is 2.52. The fraction of sp³-hybridized carbons (Fsp3) is 1.00. The molecule has 0 radical (unpaired) electrons. The van der Waals surface area contributed by atoms with Crippen LogP contribution < -0.4 is 0 Å². The summed E-state index contributed by atoms with van der Waals surface area (Å²) in [5.41, 5.74) is 0. The van der Waals surface area contributed by atoms with Crippen molar-refractivity contribution in [2.45, 2.75) is 44.2 Å². The highest BCUT2D eigenvalue weighted by atomic mass is 16.8. The maximum absolute atomic E-state index is 9.08. The molecule has 0 aromatic rings. The first-order chi connectivity index (χ1) is 6.57. The van der Waals surface area contributed by atoms with E-state index >= 15 is 0 Å². The molecule has 2 rings (SSSR count). The predicted octanol–water partition coefficient (Wildman–Crippen LogP) is -0.130. The first kappa shape index (κ1) is 10.3. The Morgan fingerprint density at radius 1 is 1.29 bits per heavy atom. The minimum atomic E-state index is -0.622. The molecule has 0 spiro atoms. The Kier molecular flexibility index (Phi) is 2.53. The van der Waals surface area contributed by atoms with Gasteiger partial charge in [-0.05, 0) is 13.8 Å². The van der Waals surface area contributed by atoms with Crippen molar-refractivity contribution in [2.24, 2.45) is 0 Å². The lowest BCUT2D eigenvalue weighted by Gasteiger charge is -2.22. The van der Waals surface area contributed by atoms with Gasteiger partial charge >= 0.3 is 0 Å². The molecule has 2 aliphatic rings. The van der Waals surface area contributed by atoms with Crippen LogP contribution in [-0.4, -0.2) is 49.2 Å². The zero-order valence-corrected chi connectivity index (χ0v) is 8.60.